The van der Waals surface area contributed by atoms with Crippen LogP contribution in [0.4, 0.5) is 5.69 Å². The van der Waals surface area contributed by atoms with E-state index < -0.39 is 10.2 Å². The molecule has 2 heterocycles. The number of carbonyl (C=O) groups is 1. The first-order chi connectivity index (χ1) is 8.88. The number of anilines is 1. The molecule has 8 nitrogen and oxygen atoms in total. The Morgan fingerprint density at radius 3 is 2.32 bits per heavy atom. The second kappa shape index (κ2) is 5.11. The third kappa shape index (κ3) is 3.19. The van der Waals surface area contributed by atoms with E-state index in [1.807, 2.05) is 0 Å². The van der Waals surface area contributed by atoms with Crippen molar-refractivity contribution in [3.63, 3.8) is 0 Å². The minimum atomic E-state index is -3.68. The van der Waals surface area contributed by atoms with Crippen LogP contribution in [0.1, 0.15) is 10.5 Å². The van der Waals surface area contributed by atoms with Crippen LogP contribution >= 0.6 is 0 Å². The third-order valence-electron chi connectivity index (χ3n) is 2.89. The van der Waals surface area contributed by atoms with Gasteiger partial charge >= 0.3 is 0 Å². The zero-order valence-electron chi connectivity index (χ0n) is 10.2. The fraction of sp³-hybridized carbons (Fsp3) is 0.400. The molecule has 0 saturated carbocycles. The fourth-order valence-electron chi connectivity index (χ4n) is 1.84. The van der Waals surface area contributed by atoms with Gasteiger partial charge in [0, 0.05) is 26.2 Å². The van der Waals surface area contributed by atoms with Gasteiger partial charge in [-0.25, -0.2) is 10.1 Å². The molecule has 0 bridgehead atoms. The molecule has 1 aromatic rings. The maximum atomic E-state index is 12.1. The van der Waals surface area contributed by atoms with Gasteiger partial charge in [-0.2, -0.15) is 12.7 Å². The van der Waals surface area contributed by atoms with Crippen molar-refractivity contribution in [1.29, 1.82) is 0 Å². The van der Waals surface area contributed by atoms with E-state index in [4.69, 9.17) is 10.9 Å². The molecule has 1 aromatic heterocycles. The Balaban J connectivity index is 2.02. The van der Waals surface area contributed by atoms with E-state index in [0.29, 0.717) is 24.5 Å². The standard InChI is InChI=1S/C10H15N5O3S/c11-8-1-2-9(13-7-8)10(16)14-3-5-15(6-4-14)19(12,17)18/h1-2,7H,3-6,11H2,(H2,12,17,18). The number of hydrogen-bond donors (Lipinski definition) is 2. The van der Waals surface area contributed by atoms with Crippen molar-refractivity contribution in [2.45, 2.75) is 0 Å². The van der Waals surface area contributed by atoms with Crippen molar-refractivity contribution in [3.8, 4) is 0 Å². The highest BCUT2D eigenvalue weighted by Crippen LogP contribution is 2.09. The van der Waals surface area contributed by atoms with Crippen molar-refractivity contribution in [1.82, 2.24) is 14.2 Å². The molecule has 0 spiro atoms. The minimum absolute atomic E-state index is 0.194. The Morgan fingerprint density at radius 1 is 1.21 bits per heavy atom. The molecule has 4 N–H and O–H groups in total. The molecule has 19 heavy (non-hydrogen) atoms. The summed E-state index contributed by atoms with van der Waals surface area (Å²) in [6.45, 7) is 0.974. The summed E-state index contributed by atoms with van der Waals surface area (Å²) in [5.41, 5.74) is 6.27. The van der Waals surface area contributed by atoms with Crippen LogP contribution in [-0.4, -0.2) is 54.7 Å². The van der Waals surface area contributed by atoms with Crippen LogP contribution in [0.15, 0.2) is 18.3 Å². The van der Waals surface area contributed by atoms with E-state index in [1.165, 1.54) is 6.20 Å². The maximum absolute atomic E-state index is 12.1. The first kappa shape index (κ1) is 13.7. The average Bonchev–Trinajstić information content (AvgIpc) is 2.38. The van der Waals surface area contributed by atoms with Crippen LogP contribution in [0.25, 0.3) is 0 Å². The molecule has 9 heteroatoms. The molecule has 104 valence electrons. The van der Waals surface area contributed by atoms with E-state index in [-0.39, 0.29) is 19.0 Å². The normalized spacial score (nSPS) is 17.4. The Kier molecular flexibility index (Phi) is 3.69. The van der Waals surface area contributed by atoms with Gasteiger partial charge in [-0.1, -0.05) is 0 Å². The number of hydrogen-bond acceptors (Lipinski definition) is 5. The van der Waals surface area contributed by atoms with Crippen molar-refractivity contribution in [3.05, 3.63) is 24.0 Å². The van der Waals surface area contributed by atoms with Gasteiger partial charge in [0.05, 0.1) is 11.9 Å². The van der Waals surface area contributed by atoms with E-state index in [2.05, 4.69) is 4.98 Å². The zero-order valence-corrected chi connectivity index (χ0v) is 11.0. The SMILES string of the molecule is Nc1ccc(C(=O)N2CCN(S(N)(=O)=O)CC2)nc1. The number of pyridine rings is 1. The summed E-state index contributed by atoms with van der Waals surface area (Å²) in [7, 11) is -3.68. The molecule has 0 unspecified atom stereocenters. The zero-order chi connectivity index (χ0) is 14.0. The lowest BCUT2D eigenvalue weighted by molar-refractivity contribution is 0.0692. The second-order valence-corrected chi connectivity index (χ2v) is 5.76. The Morgan fingerprint density at radius 2 is 1.84 bits per heavy atom. The second-order valence-electron chi connectivity index (χ2n) is 4.21. The first-order valence-electron chi connectivity index (χ1n) is 5.66. The Hall–Kier alpha value is -1.71. The van der Waals surface area contributed by atoms with Crippen molar-refractivity contribution in [2.24, 2.45) is 5.14 Å². The van der Waals surface area contributed by atoms with Gasteiger partial charge in [0.2, 0.25) is 0 Å². The molecule has 0 atom stereocenters. The molecule has 1 saturated heterocycles. The Labute approximate surface area is 111 Å². The van der Waals surface area contributed by atoms with E-state index in [1.54, 1.807) is 17.0 Å². The highest BCUT2D eigenvalue weighted by atomic mass is 32.2. The summed E-state index contributed by atoms with van der Waals surface area (Å²) in [6.07, 6.45) is 1.41. The van der Waals surface area contributed by atoms with Crippen molar-refractivity contribution >= 4 is 21.8 Å². The highest BCUT2D eigenvalue weighted by molar-refractivity contribution is 7.86. The average molecular weight is 285 g/mol. The summed E-state index contributed by atoms with van der Waals surface area (Å²) in [4.78, 5) is 17.6. The number of nitrogen functional groups attached to an aromatic ring is 1. The number of aromatic nitrogens is 1. The van der Waals surface area contributed by atoms with Gasteiger partial charge < -0.3 is 10.6 Å². The summed E-state index contributed by atoms with van der Waals surface area (Å²) >= 11 is 0. The molecule has 1 aliphatic heterocycles. The van der Waals surface area contributed by atoms with E-state index in [0.717, 1.165) is 4.31 Å². The van der Waals surface area contributed by atoms with Gasteiger partial charge in [0.15, 0.2) is 0 Å². The molecule has 1 aliphatic rings. The molecular weight excluding hydrogens is 270 g/mol. The van der Waals surface area contributed by atoms with Crippen molar-refractivity contribution in [2.75, 3.05) is 31.9 Å². The number of piperazine rings is 1. The quantitative estimate of drug-likeness (QED) is 0.693. The topological polar surface area (TPSA) is 123 Å². The van der Waals surface area contributed by atoms with E-state index in [9.17, 15) is 13.2 Å². The smallest absolute Gasteiger partial charge is 0.277 e. The minimum Gasteiger partial charge on any atom is -0.397 e. The number of rotatable bonds is 2. The molecule has 0 aliphatic carbocycles. The van der Waals surface area contributed by atoms with Crippen LogP contribution in [0, 0.1) is 0 Å². The lowest BCUT2D eigenvalue weighted by atomic mass is 10.2. The molecule has 0 aromatic carbocycles. The largest absolute Gasteiger partial charge is 0.397 e. The van der Waals surface area contributed by atoms with Crippen LogP contribution in [0.2, 0.25) is 0 Å². The summed E-state index contributed by atoms with van der Waals surface area (Å²) < 4.78 is 23.4. The molecule has 1 amide bonds. The number of nitrogens with zero attached hydrogens (tertiary/aromatic N) is 3. The summed E-state index contributed by atoms with van der Waals surface area (Å²) in [6, 6.07) is 3.14. The van der Waals surface area contributed by atoms with Gasteiger partial charge in [0.1, 0.15) is 5.69 Å². The van der Waals surface area contributed by atoms with E-state index >= 15 is 0 Å². The summed E-state index contributed by atoms with van der Waals surface area (Å²) in [5.74, 6) is -0.242. The van der Waals surface area contributed by atoms with Crippen LogP contribution < -0.4 is 10.9 Å². The van der Waals surface area contributed by atoms with Gasteiger partial charge in [0.25, 0.3) is 16.1 Å². The molecule has 2 rings (SSSR count). The third-order valence-corrected chi connectivity index (χ3v) is 3.98. The highest BCUT2D eigenvalue weighted by Gasteiger charge is 2.27. The molecule has 1 fully saturated rings. The monoisotopic (exact) mass is 285 g/mol. The predicted octanol–water partition coefficient (Wildman–Crippen LogP) is -1.37. The van der Waals surface area contributed by atoms with Crippen LogP contribution in [0.5, 0.6) is 0 Å². The van der Waals surface area contributed by atoms with Crippen LogP contribution in [-0.2, 0) is 10.2 Å². The maximum Gasteiger partial charge on any atom is 0.277 e. The van der Waals surface area contributed by atoms with Gasteiger partial charge in [-0.3, -0.25) is 4.79 Å². The lowest BCUT2D eigenvalue weighted by Crippen LogP contribution is -2.52. The lowest BCUT2D eigenvalue weighted by Gasteiger charge is -2.32. The molecular formula is C10H15N5O3S. The predicted molar refractivity (Wildman–Crippen MR) is 69.2 cm³/mol. The van der Waals surface area contributed by atoms with Crippen molar-refractivity contribution < 1.29 is 13.2 Å². The number of carbonyl (C=O) groups excluding carboxylic acids is 1. The fourth-order valence-corrected chi connectivity index (χ4v) is 2.51. The van der Waals surface area contributed by atoms with Crippen LogP contribution in [0.3, 0.4) is 0 Å². The van der Waals surface area contributed by atoms with Gasteiger partial charge in [-0.15, -0.1) is 0 Å². The number of nitrogens with two attached hydrogens (primary N) is 2. The Bertz CT molecular complexity index is 563. The summed E-state index contributed by atoms with van der Waals surface area (Å²) in [5, 5.41) is 5.03. The number of amides is 1. The molecule has 0 radical (unpaired) electrons. The van der Waals surface area contributed by atoms with Gasteiger partial charge in [-0.05, 0) is 12.1 Å². The first-order valence-corrected chi connectivity index (χ1v) is 7.17.